The van der Waals surface area contributed by atoms with E-state index in [1.807, 2.05) is 0 Å². The molecule has 0 saturated carbocycles. The molecule has 1 heterocycles. The predicted octanol–water partition coefficient (Wildman–Crippen LogP) is -1.95. The van der Waals surface area contributed by atoms with E-state index in [2.05, 4.69) is 17.6 Å². The average Bonchev–Trinajstić information content (AvgIpc) is 2.39. The lowest BCUT2D eigenvalue weighted by atomic mass is 9.98. The van der Waals surface area contributed by atoms with Crippen LogP contribution in [0.3, 0.4) is 0 Å². The summed E-state index contributed by atoms with van der Waals surface area (Å²) < 4.78 is 5.26. The summed E-state index contributed by atoms with van der Waals surface area (Å²) in [6, 6.07) is 0. The van der Waals surface area contributed by atoms with E-state index >= 15 is 0 Å². The van der Waals surface area contributed by atoms with Crippen LogP contribution in [0.15, 0.2) is 0 Å². The minimum atomic E-state index is -1.40. The molecule has 0 aromatic carbocycles. The SMILES string of the molecule is CCCCNC(=S)N[C@H]1O[C@@H](CO)[C@@H](O)[C@@H](O)[C@@H]1O. The van der Waals surface area contributed by atoms with Crippen molar-refractivity contribution < 1.29 is 25.2 Å². The lowest BCUT2D eigenvalue weighted by molar-refractivity contribution is -0.232. The first-order chi connectivity index (χ1) is 9.01. The average molecular weight is 294 g/mol. The standard InChI is InChI=1S/C11H22N2O5S/c1-2-3-4-12-11(19)13-10-9(17)8(16)7(15)6(5-14)18-10/h6-10,14-17H,2-5H2,1H3,(H2,12,13,19)/t6-,7+,8+,9-,10-/m0/s1. The molecule has 5 atom stereocenters. The molecule has 1 aliphatic heterocycles. The number of ether oxygens (including phenoxy) is 1. The summed E-state index contributed by atoms with van der Waals surface area (Å²) in [5, 5.41) is 44.0. The molecule has 19 heavy (non-hydrogen) atoms. The largest absolute Gasteiger partial charge is 0.394 e. The van der Waals surface area contributed by atoms with Gasteiger partial charge in [0.25, 0.3) is 0 Å². The van der Waals surface area contributed by atoms with Gasteiger partial charge >= 0.3 is 0 Å². The van der Waals surface area contributed by atoms with Crippen molar-refractivity contribution in [2.24, 2.45) is 0 Å². The summed E-state index contributed by atoms with van der Waals surface area (Å²) in [7, 11) is 0. The van der Waals surface area contributed by atoms with Crippen LogP contribution in [0.4, 0.5) is 0 Å². The maximum Gasteiger partial charge on any atom is 0.168 e. The monoisotopic (exact) mass is 294 g/mol. The number of aliphatic hydroxyl groups excluding tert-OH is 4. The Morgan fingerprint density at radius 1 is 1.21 bits per heavy atom. The molecule has 0 aromatic heterocycles. The Morgan fingerprint density at radius 3 is 2.47 bits per heavy atom. The van der Waals surface area contributed by atoms with E-state index in [4.69, 9.17) is 22.1 Å². The van der Waals surface area contributed by atoms with Crippen LogP contribution in [0.25, 0.3) is 0 Å². The molecule has 0 radical (unpaired) electrons. The molecule has 1 saturated heterocycles. The summed E-state index contributed by atoms with van der Waals surface area (Å²) in [4.78, 5) is 0. The van der Waals surface area contributed by atoms with Crippen molar-refractivity contribution in [2.75, 3.05) is 13.2 Å². The molecule has 0 aromatic rings. The van der Waals surface area contributed by atoms with Crippen LogP contribution >= 0.6 is 12.2 Å². The van der Waals surface area contributed by atoms with E-state index in [1.165, 1.54) is 0 Å². The van der Waals surface area contributed by atoms with Crippen LogP contribution in [0.2, 0.25) is 0 Å². The van der Waals surface area contributed by atoms with Gasteiger partial charge in [0.2, 0.25) is 0 Å². The Bertz CT molecular complexity index is 292. The quantitative estimate of drug-likeness (QED) is 0.256. The minimum absolute atomic E-state index is 0.290. The maximum absolute atomic E-state index is 9.78. The molecule has 7 nitrogen and oxygen atoms in total. The summed E-state index contributed by atoms with van der Waals surface area (Å²) in [6.45, 7) is 2.29. The number of nitrogens with one attached hydrogen (secondary N) is 2. The Kier molecular flexibility index (Phi) is 6.90. The topological polar surface area (TPSA) is 114 Å². The Balaban J connectivity index is 2.49. The van der Waals surface area contributed by atoms with Gasteiger partial charge in [-0.1, -0.05) is 13.3 Å². The smallest absolute Gasteiger partial charge is 0.168 e. The molecular formula is C11H22N2O5S. The Hall–Kier alpha value is -0.510. The van der Waals surface area contributed by atoms with Crippen molar-refractivity contribution in [2.45, 2.75) is 50.4 Å². The van der Waals surface area contributed by atoms with Crippen LogP contribution < -0.4 is 10.6 Å². The van der Waals surface area contributed by atoms with E-state index in [0.29, 0.717) is 6.54 Å². The molecule has 6 N–H and O–H groups in total. The second kappa shape index (κ2) is 7.93. The number of thiocarbonyl (C=S) groups is 1. The van der Waals surface area contributed by atoms with Crippen molar-refractivity contribution in [3.8, 4) is 0 Å². The minimum Gasteiger partial charge on any atom is -0.394 e. The fraction of sp³-hybridized carbons (Fsp3) is 0.909. The van der Waals surface area contributed by atoms with Crippen LogP contribution in [-0.2, 0) is 4.74 Å². The van der Waals surface area contributed by atoms with Gasteiger partial charge in [0.15, 0.2) is 11.3 Å². The van der Waals surface area contributed by atoms with Crippen molar-refractivity contribution in [1.29, 1.82) is 0 Å². The second-order valence-corrected chi connectivity index (χ2v) is 4.91. The van der Waals surface area contributed by atoms with E-state index in [0.717, 1.165) is 12.8 Å². The van der Waals surface area contributed by atoms with Crippen LogP contribution in [0.1, 0.15) is 19.8 Å². The molecule has 0 amide bonds. The van der Waals surface area contributed by atoms with Gasteiger partial charge < -0.3 is 35.8 Å². The fourth-order valence-electron chi connectivity index (χ4n) is 1.78. The number of hydrogen-bond donors (Lipinski definition) is 6. The first-order valence-corrected chi connectivity index (χ1v) is 6.77. The summed E-state index contributed by atoms with van der Waals surface area (Å²) in [5.41, 5.74) is 0. The van der Waals surface area contributed by atoms with Crippen molar-refractivity contribution >= 4 is 17.3 Å². The van der Waals surface area contributed by atoms with Gasteiger partial charge in [0.1, 0.15) is 24.4 Å². The maximum atomic E-state index is 9.78. The third-order valence-electron chi connectivity index (χ3n) is 2.98. The van der Waals surface area contributed by atoms with E-state index in [-0.39, 0.29) is 5.11 Å². The molecule has 1 aliphatic rings. The number of unbranched alkanes of at least 4 members (excludes halogenated alkanes) is 1. The highest BCUT2D eigenvalue weighted by molar-refractivity contribution is 7.80. The highest BCUT2D eigenvalue weighted by atomic mass is 32.1. The summed E-state index contributed by atoms with van der Waals surface area (Å²) in [6.07, 6.45) is -4.02. The van der Waals surface area contributed by atoms with E-state index in [1.54, 1.807) is 0 Å². The van der Waals surface area contributed by atoms with E-state index < -0.39 is 37.3 Å². The number of aliphatic hydroxyl groups is 4. The summed E-state index contributed by atoms with van der Waals surface area (Å²) in [5.74, 6) is 0. The molecule has 0 unspecified atom stereocenters. The zero-order chi connectivity index (χ0) is 14.4. The Morgan fingerprint density at radius 2 is 1.89 bits per heavy atom. The normalized spacial score (nSPS) is 34.9. The lowest BCUT2D eigenvalue weighted by Crippen LogP contribution is -2.64. The van der Waals surface area contributed by atoms with Gasteiger partial charge in [-0.3, -0.25) is 0 Å². The highest BCUT2D eigenvalue weighted by Crippen LogP contribution is 2.19. The first kappa shape index (κ1) is 16.5. The molecule has 8 heteroatoms. The molecular weight excluding hydrogens is 272 g/mol. The second-order valence-electron chi connectivity index (χ2n) is 4.50. The molecule has 1 fully saturated rings. The van der Waals surface area contributed by atoms with Gasteiger partial charge in [-0.2, -0.15) is 0 Å². The third-order valence-corrected chi connectivity index (χ3v) is 3.24. The first-order valence-electron chi connectivity index (χ1n) is 6.36. The molecule has 0 bridgehead atoms. The molecule has 0 spiro atoms. The molecule has 0 aliphatic carbocycles. The Labute approximate surface area is 117 Å². The van der Waals surface area contributed by atoms with Gasteiger partial charge in [-0.05, 0) is 18.6 Å². The predicted molar refractivity (Wildman–Crippen MR) is 72.4 cm³/mol. The number of hydrogen-bond acceptors (Lipinski definition) is 6. The van der Waals surface area contributed by atoms with Gasteiger partial charge in [-0.15, -0.1) is 0 Å². The van der Waals surface area contributed by atoms with Crippen LogP contribution in [0.5, 0.6) is 0 Å². The molecule has 1 rings (SSSR count). The van der Waals surface area contributed by atoms with Gasteiger partial charge in [0, 0.05) is 6.54 Å². The van der Waals surface area contributed by atoms with Gasteiger partial charge in [-0.25, -0.2) is 0 Å². The lowest BCUT2D eigenvalue weighted by Gasteiger charge is -2.40. The van der Waals surface area contributed by atoms with Crippen molar-refractivity contribution in [1.82, 2.24) is 10.6 Å². The van der Waals surface area contributed by atoms with Crippen LogP contribution in [0, 0.1) is 0 Å². The van der Waals surface area contributed by atoms with Crippen LogP contribution in [-0.4, -0.2) is 69.3 Å². The highest BCUT2D eigenvalue weighted by Gasteiger charge is 2.43. The van der Waals surface area contributed by atoms with Crippen molar-refractivity contribution in [3.63, 3.8) is 0 Å². The van der Waals surface area contributed by atoms with E-state index in [9.17, 15) is 15.3 Å². The molecule has 112 valence electrons. The number of rotatable bonds is 5. The fourth-order valence-corrected chi connectivity index (χ4v) is 2.00. The van der Waals surface area contributed by atoms with Gasteiger partial charge in [0.05, 0.1) is 6.61 Å². The zero-order valence-electron chi connectivity index (χ0n) is 10.8. The van der Waals surface area contributed by atoms with Crippen molar-refractivity contribution in [3.05, 3.63) is 0 Å². The summed E-state index contributed by atoms with van der Waals surface area (Å²) >= 11 is 5.02. The zero-order valence-corrected chi connectivity index (χ0v) is 11.6. The third kappa shape index (κ3) is 4.51.